The van der Waals surface area contributed by atoms with Gasteiger partial charge in [-0.15, -0.1) is 0 Å². The number of carbonyl (C=O) groups excluding carboxylic acids is 1. The lowest BCUT2D eigenvalue weighted by Gasteiger charge is -2.20. The van der Waals surface area contributed by atoms with Gasteiger partial charge in [-0.2, -0.15) is 5.26 Å². The highest BCUT2D eigenvalue weighted by Gasteiger charge is 2.20. The maximum atomic E-state index is 12.3. The first-order valence-electron chi connectivity index (χ1n) is 6.52. The molecule has 2 rings (SSSR count). The summed E-state index contributed by atoms with van der Waals surface area (Å²) in [4.78, 5) is 16.5. The van der Waals surface area contributed by atoms with Crippen molar-refractivity contribution >= 4 is 16.9 Å². The minimum absolute atomic E-state index is 0.0481. The Morgan fingerprint density at radius 1 is 1.33 bits per heavy atom. The van der Waals surface area contributed by atoms with Crippen molar-refractivity contribution in [3.05, 3.63) is 36.0 Å². The highest BCUT2D eigenvalue weighted by Crippen LogP contribution is 2.24. The Morgan fingerprint density at radius 3 is 2.76 bits per heavy atom. The van der Waals surface area contributed by atoms with Crippen LogP contribution in [0.2, 0.25) is 0 Å². The van der Waals surface area contributed by atoms with Crippen LogP contribution in [0.3, 0.4) is 0 Å². The van der Waals surface area contributed by atoms with Gasteiger partial charge in [-0.25, -0.2) is 4.79 Å². The Morgan fingerprint density at radius 2 is 2.10 bits per heavy atom. The van der Waals surface area contributed by atoms with E-state index in [0.29, 0.717) is 22.2 Å². The van der Waals surface area contributed by atoms with Crippen LogP contribution >= 0.6 is 0 Å². The number of hydrogen-bond donors (Lipinski definition) is 0. The van der Waals surface area contributed by atoms with Crippen molar-refractivity contribution in [2.24, 2.45) is 0 Å². The fourth-order valence-electron chi connectivity index (χ4n) is 1.84. The van der Waals surface area contributed by atoms with Gasteiger partial charge in [0, 0.05) is 11.6 Å². The summed E-state index contributed by atoms with van der Waals surface area (Å²) in [6.45, 7) is 5.40. The number of benzene rings is 1. The van der Waals surface area contributed by atoms with Crippen molar-refractivity contribution in [2.75, 3.05) is 6.61 Å². The van der Waals surface area contributed by atoms with Gasteiger partial charge in [-0.05, 0) is 45.0 Å². The fourth-order valence-corrected chi connectivity index (χ4v) is 1.84. The number of carbonyl (C=O) groups is 1. The maximum Gasteiger partial charge on any atom is 0.339 e. The summed E-state index contributed by atoms with van der Waals surface area (Å²) < 4.78 is 10.7. The number of fused-ring (bicyclic) bond motifs is 1. The van der Waals surface area contributed by atoms with E-state index in [1.165, 1.54) is 0 Å². The molecule has 1 heterocycles. The lowest BCUT2D eigenvalue weighted by molar-refractivity contribution is 0.00718. The molecule has 0 aliphatic heterocycles. The maximum absolute atomic E-state index is 12.3. The number of hydrogen-bond acceptors (Lipinski definition) is 5. The lowest BCUT2D eigenvalue weighted by atomic mass is 10.1. The smallest absolute Gasteiger partial charge is 0.339 e. The molecule has 0 aliphatic rings. The number of nitriles is 1. The van der Waals surface area contributed by atoms with E-state index >= 15 is 0 Å². The molecule has 5 heteroatoms. The molecule has 0 atom stereocenters. The standard InChI is InChI=1S/C16H16N2O3/c1-16(2,3)21-15(19)12-6-8-18-14-5-4-11(10-13(12)14)20-9-7-17/h4-6,8,10H,9H2,1-3H3. The molecule has 0 saturated heterocycles. The third kappa shape index (κ3) is 3.69. The van der Waals surface area contributed by atoms with Crippen LogP contribution in [0.1, 0.15) is 31.1 Å². The topological polar surface area (TPSA) is 72.2 Å². The van der Waals surface area contributed by atoms with Crippen molar-refractivity contribution in [2.45, 2.75) is 26.4 Å². The van der Waals surface area contributed by atoms with E-state index in [9.17, 15) is 4.79 Å². The molecule has 0 amide bonds. The Labute approximate surface area is 123 Å². The zero-order valence-corrected chi connectivity index (χ0v) is 12.2. The highest BCUT2D eigenvalue weighted by atomic mass is 16.6. The van der Waals surface area contributed by atoms with Gasteiger partial charge in [0.2, 0.25) is 0 Å². The van der Waals surface area contributed by atoms with Crippen LogP contribution in [0.5, 0.6) is 5.75 Å². The Kier molecular flexibility index (Phi) is 4.08. The predicted octanol–water partition coefficient (Wildman–Crippen LogP) is 3.09. The molecule has 1 aromatic heterocycles. The zero-order valence-electron chi connectivity index (χ0n) is 12.2. The molecule has 108 valence electrons. The van der Waals surface area contributed by atoms with Crippen LogP contribution in [0.4, 0.5) is 0 Å². The average Bonchev–Trinajstić information content (AvgIpc) is 2.42. The summed E-state index contributed by atoms with van der Waals surface area (Å²) in [6, 6.07) is 8.67. The SMILES string of the molecule is CC(C)(C)OC(=O)c1ccnc2ccc(OCC#N)cc12. The second-order valence-electron chi connectivity index (χ2n) is 5.49. The van der Waals surface area contributed by atoms with E-state index in [1.54, 1.807) is 30.5 Å². The van der Waals surface area contributed by atoms with Gasteiger partial charge in [0.05, 0.1) is 11.1 Å². The largest absolute Gasteiger partial charge is 0.479 e. The molecule has 1 aromatic carbocycles. The number of esters is 1. The molecule has 0 N–H and O–H groups in total. The molecule has 0 fully saturated rings. The van der Waals surface area contributed by atoms with Crippen molar-refractivity contribution in [3.63, 3.8) is 0 Å². The van der Waals surface area contributed by atoms with Crippen molar-refractivity contribution in [3.8, 4) is 11.8 Å². The second kappa shape index (κ2) is 5.80. The van der Waals surface area contributed by atoms with E-state index in [1.807, 2.05) is 26.8 Å². The first kappa shape index (κ1) is 14.8. The van der Waals surface area contributed by atoms with Crippen molar-refractivity contribution < 1.29 is 14.3 Å². The van der Waals surface area contributed by atoms with Gasteiger partial charge >= 0.3 is 5.97 Å². The zero-order chi connectivity index (χ0) is 15.5. The Hall–Kier alpha value is -2.61. The normalized spacial score (nSPS) is 11.0. The van der Waals surface area contributed by atoms with E-state index in [2.05, 4.69) is 4.98 Å². The second-order valence-corrected chi connectivity index (χ2v) is 5.49. The number of aromatic nitrogens is 1. The molecular formula is C16H16N2O3. The van der Waals surface area contributed by atoms with Gasteiger partial charge in [0.15, 0.2) is 6.61 Å². The molecule has 21 heavy (non-hydrogen) atoms. The molecule has 0 unspecified atom stereocenters. The average molecular weight is 284 g/mol. The quantitative estimate of drug-likeness (QED) is 0.810. The van der Waals surface area contributed by atoms with Crippen LogP contribution in [-0.2, 0) is 4.74 Å². The van der Waals surface area contributed by atoms with Crippen LogP contribution in [0.15, 0.2) is 30.5 Å². The van der Waals surface area contributed by atoms with E-state index in [0.717, 1.165) is 0 Å². The van der Waals surface area contributed by atoms with Gasteiger partial charge in [0.25, 0.3) is 0 Å². The first-order valence-corrected chi connectivity index (χ1v) is 6.52. The number of rotatable bonds is 3. The van der Waals surface area contributed by atoms with Gasteiger partial charge in [0.1, 0.15) is 17.4 Å². The van der Waals surface area contributed by atoms with Gasteiger partial charge < -0.3 is 9.47 Å². The predicted molar refractivity (Wildman–Crippen MR) is 78.0 cm³/mol. The summed E-state index contributed by atoms with van der Waals surface area (Å²) in [6.07, 6.45) is 1.57. The van der Waals surface area contributed by atoms with E-state index in [4.69, 9.17) is 14.7 Å². The molecule has 5 nitrogen and oxygen atoms in total. The van der Waals surface area contributed by atoms with E-state index in [-0.39, 0.29) is 6.61 Å². The molecular weight excluding hydrogens is 268 g/mol. The van der Waals surface area contributed by atoms with Gasteiger partial charge in [-0.1, -0.05) is 0 Å². The summed E-state index contributed by atoms with van der Waals surface area (Å²) >= 11 is 0. The summed E-state index contributed by atoms with van der Waals surface area (Å²) in [5, 5.41) is 9.19. The van der Waals surface area contributed by atoms with Crippen molar-refractivity contribution in [1.29, 1.82) is 5.26 Å². The molecule has 0 saturated carbocycles. The Bertz CT molecular complexity index is 712. The fraction of sp³-hybridized carbons (Fsp3) is 0.312. The Balaban J connectivity index is 2.43. The summed E-state index contributed by atoms with van der Waals surface area (Å²) in [5.74, 6) is 0.106. The van der Waals surface area contributed by atoms with Crippen LogP contribution in [-0.4, -0.2) is 23.2 Å². The van der Waals surface area contributed by atoms with Gasteiger partial charge in [-0.3, -0.25) is 4.98 Å². The third-order valence-corrected chi connectivity index (χ3v) is 2.64. The number of ether oxygens (including phenoxy) is 2. The summed E-state index contributed by atoms with van der Waals surface area (Å²) in [5.41, 5.74) is 0.529. The molecule has 0 aliphatic carbocycles. The third-order valence-electron chi connectivity index (χ3n) is 2.64. The minimum atomic E-state index is -0.568. The molecule has 0 radical (unpaired) electrons. The van der Waals surface area contributed by atoms with Crippen LogP contribution in [0.25, 0.3) is 10.9 Å². The van der Waals surface area contributed by atoms with Crippen LogP contribution < -0.4 is 4.74 Å². The lowest BCUT2D eigenvalue weighted by Crippen LogP contribution is -2.24. The first-order chi connectivity index (χ1) is 9.90. The van der Waals surface area contributed by atoms with E-state index < -0.39 is 11.6 Å². The molecule has 0 bridgehead atoms. The number of nitrogens with zero attached hydrogens (tertiary/aromatic N) is 2. The minimum Gasteiger partial charge on any atom is -0.479 e. The monoisotopic (exact) mass is 284 g/mol. The van der Waals surface area contributed by atoms with Crippen LogP contribution in [0, 0.1) is 11.3 Å². The molecule has 0 spiro atoms. The van der Waals surface area contributed by atoms with Crippen molar-refractivity contribution in [1.82, 2.24) is 4.98 Å². The molecule has 2 aromatic rings. The number of pyridine rings is 1. The highest BCUT2D eigenvalue weighted by molar-refractivity contribution is 6.03. The summed E-state index contributed by atoms with van der Waals surface area (Å²) in [7, 11) is 0.